The summed E-state index contributed by atoms with van der Waals surface area (Å²) in [7, 11) is 1.20. The van der Waals surface area contributed by atoms with Gasteiger partial charge >= 0.3 is 5.97 Å². The SMILES string of the molecule is COC(=O)CC(O)C(O)c1c(C)cccc1C#N. The summed E-state index contributed by atoms with van der Waals surface area (Å²) in [4.78, 5) is 11.0. The summed E-state index contributed by atoms with van der Waals surface area (Å²) in [5.74, 6) is -0.617. The fourth-order valence-electron chi connectivity index (χ4n) is 1.73. The molecule has 0 aromatic heterocycles. The molecule has 0 bridgehead atoms. The Bertz CT molecular complexity index is 478. The first-order valence-electron chi connectivity index (χ1n) is 5.43. The molecule has 0 saturated carbocycles. The third kappa shape index (κ3) is 3.06. The van der Waals surface area contributed by atoms with Gasteiger partial charge < -0.3 is 14.9 Å². The number of rotatable bonds is 4. The third-order valence-electron chi connectivity index (χ3n) is 2.71. The zero-order valence-electron chi connectivity index (χ0n) is 10.3. The van der Waals surface area contributed by atoms with E-state index in [0.717, 1.165) is 0 Å². The van der Waals surface area contributed by atoms with Crippen LogP contribution in [0.15, 0.2) is 18.2 Å². The lowest BCUT2D eigenvalue weighted by atomic mass is 9.93. The number of aliphatic hydroxyl groups is 2. The number of methoxy groups -OCH3 is 1. The Morgan fingerprint density at radius 3 is 2.72 bits per heavy atom. The van der Waals surface area contributed by atoms with Crippen LogP contribution in [-0.4, -0.2) is 29.4 Å². The molecule has 0 saturated heterocycles. The Kier molecular flexibility index (Phi) is 4.84. The van der Waals surface area contributed by atoms with Gasteiger partial charge in [0.05, 0.1) is 31.3 Å². The lowest BCUT2D eigenvalue weighted by Gasteiger charge is -2.20. The number of aryl methyl sites for hydroxylation is 1. The predicted octanol–water partition coefficient (Wildman–Crippen LogP) is 0.824. The Morgan fingerprint density at radius 1 is 1.50 bits per heavy atom. The minimum Gasteiger partial charge on any atom is -0.469 e. The Morgan fingerprint density at radius 2 is 2.17 bits per heavy atom. The van der Waals surface area contributed by atoms with Crippen LogP contribution in [0.5, 0.6) is 0 Å². The highest BCUT2D eigenvalue weighted by Gasteiger charge is 2.25. The number of nitrogens with zero attached hydrogens (tertiary/aromatic N) is 1. The van der Waals surface area contributed by atoms with Crippen molar-refractivity contribution in [3.63, 3.8) is 0 Å². The highest BCUT2D eigenvalue weighted by atomic mass is 16.5. The van der Waals surface area contributed by atoms with E-state index in [1.165, 1.54) is 7.11 Å². The van der Waals surface area contributed by atoms with E-state index in [2.05, 4.69) is 4.74 Å². The molecule has 0 radical (unpaired) electrons. The van der Waals surface area contributed by atoms with Crippen molar-refractivity contribution in [1.29, 1.82) is 5.26 Å². The molecule has 96 valence electrons. The molecule has 1 aromatic carbocycles. The Labute approximate surface area is 105 Å². The molecular weight excluding hydrogens is 234 g/mol. The van der Waals surface area contributed by atoms with Gasteiger partial charge in [-0.15, -0.1) is 0 Å². The molecule has 5 heteroatoms. The quantitative estimate of drug-likeness (QED) is 0.771. The minimum absolute atomic E-state index is 0.284. The zero-order chi connectivity index (χ0) is 13.7. The van der Waals surface area contributed by atoms with Crippen LogP contribution < -0.4 is 0 Å². The van der Waals surface area contributed by atoms with E-state index in [4.69, 9.17) is 5.26 Å². The molecule has 2 N–H and O–H groups in total. The van der Waals surface area contributed by atoms with Gasteiger partial charge in [-0.1, -0.05) is 12.1 Å². The van der Waals surface area contributed by atoms with Crippen molar-refractivity contribution in [2.45, 2.75) is 25.6 Å². The second-order valence-electron chi connectivity index (χ2n) is 3.94. The van der Waals surface area contributed by atoms with E-state index in [1.54, 1.807) is 25.1 Å². The van der Waals surface area contributed by atoms with E-state index in [9.17, 15) is 15.0 Å². The monoisotopic (exact) mass is 249 g/mol. The number of carbonyl (C=O) groups is 1. The average Bonchev–Trinajstić information content (AvgIpc) is 2.37. The Balaban J connectivity index is 3.00. The number of ether oxygens (including phenoxy) is 1. The highest BCUT2D eigenvalue weighted by Crippen LogP contribution is 2.25. The fraction of sp³-hybridized carbons (Fsp3) is 0.385. The first kappa shape index (κ1) is 14.2. The second kappa shape index (κ2) is 6.15. The van der Waals surface area contributed by atoms with E-state index in [1.807, 2.05) is 6.07 Å². The van der Waals surface area contributed by atoms with Crippen LogP contribution in [0.1, 0.15) is 29.2 Å². The molecule has 0 aliphatic heterocycles. The molecule has 18 heavy (non-hydrogen) atoms. The molecule has 0 aliphatic rings. The fourth-order valence-corrected chi connectivity index (χ4v) is 1.73. The lowest BCUT2D eigenvalue weighted by molar-refractivity contribution is -0.144. The molecule has 5 nitrogen and oxygen atoms in total. The maximum Gasteiger partial charge on any atom is 0.308 e. The minimum atomic E-state index is -1.30. The molecule has 0 spiro atoms. The molecule has 0 amide bonds. The first-order valence-corrected chi connectivity index (χ1v) is 5.43. The first-order chi connectivity index (χ1) is 8.51. The Hall–Kier alpha value is -1.90. The summed E-state index contributed by atoms with van der Waals surface area (Å²) in [6.45, 7) is 1.73. The number of nitriles is 1. The van der Waals surface area contributed by atoms with Crippen molar-refractivity contribution >= 4 is 5.97 Å². The molecule has 0 heterocycles. The number of hydrogen-bond donors (Lipinski definition) is 2. The summed E-state index contributed by atoms with van der Waals surface area (Å²) >= 11 is 0. The van der Waals surface area contributed by atoms with Crippen LogP contribution in [0.3, 0.4) is 0 Å². The number of esters is 1. The molecule has 1 aromatic rings. The van der Waals surface area contributed by atoms with Crippen molar-refractivity contribution in [2.75, 3.05) is 7.11 Å². The van der Waals surface area contributed by atoms with E-state index < -0.39 is 18.2 Å². The molecule has 0 fully saturated rings. The largest absolute Gasteiger partial charge is 0.469 e. The zero-order valence-corrected chi connectivity index (χ0v) is 10.3. The highest BCUT2D eigenvalue weighted by molar-refractivity contribution is 5.69. The molecule has 2 unspecified atom stereocenters. The van der Waals surface area contributed by atoms with Crippen LogP contribution in [0.4, 0.5) is 0 Å². The van der Waals surface area contributed by atoms with Gasteiger partial charge in [0, 0.05) is 5.56 Å². The standard InChI is InChI=1S/C13H15NO4/c1-8-4-3-5-9(7-14)12(8)13(17)10(15)6-11(16)18-2/h3-5,10,13,15,17H,6H2,1-2H3. The summed E-state index contributed by atoms with van der Waals surface area (Å²) in [5.41, 5.74) is 1.31. The maximum absolute atomic E-state index is 11.0. The predicted molar refractivity (Wildman–Crippen MR) is 63.5 cm³/mol. The van der Waals surface area contributed by atoms with Gasteiger partial charge in [0.15, 0.2) is 0 Å². The number of aliphatic hydroxyl groups excluding tert-OH is 2. The van der Waals surface area contributed by atoms with Crippen LogP contribution in [0.2, 0.25) is 0 Å². The van der Waals surface area contributed by atoms with Crippen molar-refractivity contribution in [2.24, 2.45) is 0 Å². The summed E-state index contributed by atoms with van der Waals surface area (Å²) in [6.07, 6.45) is -2.91. The van der Waals surface area contributed by atoms with Gasteiger partial charge in [-0.25, -0.2) is 0 Å². The van der Waals surface area contributed by atoms with Gasteiger partial charge in [0.1, 0.15) is 6.10 Å². The van der Waals surface area contributed by atoms with Gasteiger partial charge in [0.25, 0.3) is 0 Å². The molecular formula is C13H15NO4. The van der Waals surface area contributed by atoms with E-state index >= 15 is 0 Å². The van der Waals surface area contributed by atoms with Gasteiger partial charge in [-0.3, -0.25) is 4.79 Å². The summed E-state index contributed by atoms with van der Waals surface area (Å²) < 4.78 is 4.42. The number of benzene rings is 1. The van der Waals surface area contributed by atoms with Crippen molar-refractivity contribution in [3.8, 4) is 6.07 Å². The number of carbonyl (C=O) groups excluding carboxylic acids is 1. The van der Waals surface area contributed by atoms with Crippen LogP contribution in [0, 0.1) is 18.3 Å². The average molecular weight is 249 g/mol. The molecule has 0 aliphatic carbocycles. The summed E-state index contributed by atoms with van der Waals surface area (Å²) in [6, 6.07) is 6.92. The van der Waals surface area contributed by atoms with Crippen LogP contribution >= 0.6 is 0 Å². The smallest absolute Gasteiger partial charge is 0.308 e. The maximum atomic E-state index is 11.0. The van der Waals surface area contributed by atoms with Crippen molar-refractivity contribution in [3.05, 3.63) is 34.9 Å². The van der Waals surface area contributed by atoms with Crippen molar-refractivity contribution < 1.29 is 19.7 Å². The lowest BCUT2D eigenvalue weighted by Crippen LogP contribution is -2.24. The van der Waals surface area contributed by atoms with Crippen molar-refractivity contribution in [1.82, 2.24) is 0 Å². The molecule has 1 rings (SSSR count). The van der Waals surface area contributed by atoms with Crippen LogP contribution in [-0.2, 0) is 9.53 Å². The van der Waals surface area contributed by atoms with Gasteiger partial charge in [-0.05, 0) is 18.6 Å². The van der Waals surface area contributed by atoms with E-state index in [-0.39, 0.29) is 12.0 Å². The summed E-state index contributed by atoms with van der Waals surface area (Å²) in [5, 5.41) is 28.7. The van der Waals surface area contributed by atoms with Gasteiger partial charge in [-0.2, -0.15) is 5.26 Å². The second-order valence-corrected chi connectivity index (χ2v) is 3.94. The number of hydrogen-bond acceptors (Lipinski definition) is 5. The molecule has 2 atom stereocenters. The topological polar surface area (TPSA) is 90.6 Å². The van der Waals surface area contributed by atoms with E-state index in [0.29, 0.717) is 11.1 Å². The van der Waals surface area contributed by atoms with Gasteiger partial charge in [0.2, 0.25) is 0 Å². The third-order valence-corrected chi connectivity index (χ3v) is 2.71. The van der Waals surface area contributed by atoms with Crippen LogP contribution in [0.25, 0.3) is 0 Å². The normalized spacial score (nSPS) is 13.5.